The van der Waals surface area contributed by atoms with E-state index in [1.165, 1.54) is 116 Å². The van der Waals surface area contributed by atoms with E-state index in [0.29, 0.717) is 23.9 Å². The molecule has 0 heterocycles. The van der Waals surface area contributed by atoms with Crippen molar-refractivity contribution in [2.24, 2.45) is 0 Å². The summed E-state index contributed by atoms with van der Waals surface area (Å²) in [6.07, 6.45) is 55.6. The highest BCUT2D eigenvalue weighted by Crippen LogP contribution is 2.15. The maximum atomic E-state index is 12.8. The number of carboxylic acids is 1. The highest BCUT2D eigenvalue weighted by atomic mass is 16.7. The zero-order valence-corrected chi connectivity index (χ0v) is 42.6. The van der Waals surface area contributed by atoms with Crippen molar-refractivity contribution in [1.29, 1.82) is 0 Å². The van der Waals surface area contributed by atoms with E-state index >= 15 is 0 Å². The number of likely N-dealkylation sites (N-methyl/N-ethyl adjacent to an activating group) is 1. The van der Waals surface area contributed by atoms with Crippen LogP contribution in [0.1, 0.15) is 219 Å². The highest BCUT2D eigenvalue weighted by Gasteiger charge is 2.25. The number of ether oxygens (including phenoxy) is 4. The Labute approximate surface area is 399 Å². The fourth-order valence-corrected chi connectivity index (χ4v) is 7.17. The van der Waals surface area contributed by atoms with Crippen LogP contribution in [0.3, 0.4) is 0 Å². The number of rotatable bonds is 48. The Kier molecular flexibility index (Phi) is 45.3. The van der Waals surface area contributed by atoms with Crippen molar-refractivity contribution in [2.45, 2.75) is 232 Å². The predicted octanol–water partition coefficient (Wildman–Crippen LogP) is 14.9. The van der Waals surface area contributed by atoms with Gasteiger partial charge in [-0.05, 0) is 77.0 Å². The lowest BCUT2D eigenvalue weighted by Gasteiger charge is -2.25. The van der Waals surface area contributed by atoms with Gasteiger partial charge in [0.05, 0.1) is 34.4 Å². The van der Waals surface area contributed by atoms with Crippen LogP contribution in [0.4, 0.5) is 0 Å². The van der Waals surface area contributed by atoms with E-state index in [-0.39, 0.29) is 32.2 Å². The van der Waals surface area contributed by atoms with Gasteiger partial charge < -0.3 is 28.5 Å². The average molecular weight is 915 g/mol. The number of carbonyl (C=O) groups excluding carboxylic acids is 2. The van der Waals surface area contributed by atoms with E-state index in [1.54, 1.807) is 0 Å². The van der Waals surface area contributed by atoms with Crippen molar-refractivity contribution in [1.82, 2.24) is 0 Å². The quantitative estimate of drug-likeness (QED) is 0.0211. The number of hydrogen-bond acceptors (Lipinski definition) is 7. The van der Waals surface area contributed by atoms with Crippen LogP contribution in [-0.2, 0) is 33.3 Å². The van der Waals surface area contributed by atoms with Crippen LogP contribution in [0.15, 0.2) is 60.8 Å². The highest BCUT2D eigenvalue weighted by molar-refractivity contribution is 5.71. The molecule has 0 saturated carbocycles. The molecule has 0 aliphatic heterocycles. The van der Waals surface area contributed by atoms with Gasteiger partial charge in [0.25, 0.3) is 6.29 Å². The summed E-state index contributed by atoms with van der Waals surface area (Å²) in [7, 11) is 5.96. The lowest BCUT2D eigenvalue weighted by molar-refractivity contribution is -0.870. The molecule has 0 spiro atoms. The smallest absolute Gasteiger partial charge is 0.361 e. The topological polar surface area (TPSA) is 108 Å². The number of esters is 2. The summed E-state index contributed by atoms with van der Waals surface area (Å²) < 4.78 is 22.8. The zero-order chi connectivity index (χ0) is 47.7. The van der Waals surface area contributed by atoms with E-state index in [4.69, 9.17) is 18.9 Å². The van der Waals surface area contributed by atoms with Crippen LogP contribution in [0, 0.1) is 0 Å². The van der Waals surface area contributed by atoms with Gasteiger partial charge in [0.15, 0.2) is 6.10 Å². The molecule has 0 amide bonds. The van der Waals surface area contributed by atoms with Crippen LogP contribution < -0.4 is 0 Å². The summed E-state index contributed by atoms with van der Waals surface area (Å²) in [4.78, 5) is 37.3. The normalized spacial score (nSPS) is 13.3. The molecule has 1 N–H and O–H groups in total. The molecule has 376 valence electrons. The summed E-state index contributed by atoms with van der Waals surface area (Å²) in [5.41, 5.74) is 0. The third kappa shape index (κ3) is 48.7. The number of allylic oxidation sites excluding steroid dienone is 10. The molecule has 9 nitrogen and oxygen atoms in total. The maximum absolute atomic E-state index is 12.8. The van der Waals surface area contributed by atoms with Gasteiger partial charge in [0, 0.05) is 12.8 Å². The second-order valence-corrected chi connectivity index (χ2v) is 18.8. The number of hydrogen-bond donors (Lipinski definition) is 1. The lowest BCUT2D eigenvalue weighted by atomic mass is 10.1. The van der Waals surface area contributed by atoms with Gasteiger partial charge in [-0.1, -0.05) is 190 Å². The second-order valence-electron chi connectivity index (χ2n) is 18.8. The number of unbranched alkanes of at least 4 members (excludes halogenated alkanes) is 23. The molecular weight excluding hydrogens is 815 g/mol. The average Bonchev–Trinajstić information content (AvgIpc) is 3.27. The van der Waals surface area contributed by atoms with E-state index < -0.39 is 24.3 Å². The van der Waals surface area contributed by atoms with Crippen molar-refractivity contribution in [3.63, 3.8) is 0 Å². The maximum Gasteiger partial charge on any atom is 0.361 e. The van der Waals surface area contributed by atoms with E-state index in [2.05, 4.69) is 74.6 Å². The van der Waals surface area contributed by atoms with E-state index in [1.807, 2.05) is 21.1 Å². The third-order valence-electron chi connectivity index (χ3n) is 11.3. The number of carboxylic acid groups (broad SMARTS) is 1. The molecule has 0 aromatic rings. The SMILES string of the molecule is CC/C=C\C/C=C\C/C=C\C/C=C\CCCCCCCCCCC(=O)OC(COC(=O)CCCCCCCCCCC/C=C\CCCCCCCC)COC(OCC[N+](C)(C)C)C(=O)O. The van der Waals surface area contributed by atoms with Crippen LogP contribution in [0.2, 0.25) is 0 Å². The number of carbonyl (C=O) groups is 3. The fourth-order valence-electron chi connectivity index (χ4n) is 7.17. The molecule has 0 aliphatic rings. The minimum Gasteiger partial charge on any atom is -0.477 e. The summed E-state index contributed by atoms with van der Waals surface area (Å²) in [5.74, 6) is -2.02. The summed E-state index contributed by atoms with van der Waals surface area (Å²) in [5, 5.41) is 9.68. The van der Waals surface area contributed by atoms with Gasteiger partial charge in [-0.15, -0.1) is 0 Å². The largest absolute Gasteiger partial charge is 0.477 e. The van der Waals surface area contributed by atoms with Gasteiger partial charge in [0.2, 0.25) is 0 Å². The van der Waals surface area contributed by atoms with Crippen molar-refractivity contribution < 1.29 is 42.9 Å². The Bertz CT molecular complexity index is 1250. The van der Waals surface area contributed by atoms with Crippen LogP contribution in [0.5, 0.6) is 0 Å². The first-order chi connectivity index (χ1) is 31.6. The predicted molar refractivity (Wildman–Crippen MR) is 272 cm³/mol. The van der Waals surface area contributed by atoms with Crippen molar-refractivity contribution >= 4 is 17.9 Å². The molecule has 0 bridgehead atoms. The lowest BCUT2D eigenvalue weighted by Crippen LogP contribution is -2.40. The molecule has 0 saturated heterocycles. The minimum absolute atomic E-state index is 0.184. The first-order valence-corrected chi connectivity index (χ1v) is 26.5. The standard InChI is InChI=1S/C56H99NO8/c1-6-8-10-12-14-16-18-20-22-24-26-27-29-31-33-35-37-39-41-43-45-47-54(59)65-52(51-64-56(55(60)61)62-49-48-57(3,4)5)50-63-53(58)46-44-42-40-38-36-34-32-30-28-25-23-21-19-17-15-13-11-9-7-2/h8,10,14,16,20-23,26-27,52,56H,6-7,9,11-13,15,17-19,24-25,28-51H2,1-5H3/p+1/b10-8-,16-14-,22-20-,23-21-,27-26-. The van der Waals surface area contributed by atoms with E-state index in [9.17, 15) is 19.5 Å². The molecule has 0 aromatic heterocycles. The van der Waals surface area contributed by atoms with Crippen LogP contribution >= 0.6 is 0 Å². The Morgan fingerprint density at radius 1 is 0.477 bits per heavy atom. The molecular formula is C56H100NO8+. The fraction of sp³-hybridized carbons (Fsp3) is 0.768. The zero-order valence-electron chi connectivity index (χ0n) is 42.6. The molecule has 65 heavy (non-hydrogen) atoms. The molecule has 0 rings (SSSR count). The Balaban J connectivity index is 4.34. The van der Waals surface area contributed by atoms with Crippen molar-refractivity contribution in [2.75, 3.05) is 47.5 Å². The molecule has 0 aromatic carbocycles. The summed E-state index contributed by atoms with van der Waals surface area (Å²) in [6, 6.07) is 0. The molecule has 0 fully saturated rings. The molecule has 9 heteroatoms. The van der Waals surface area contributed by atoms with Crippen LogP contribution in [-0.4, -0.2) is 87.4 Å². The van der Waals surface area contributed by atoms with Gasteiger partial charge >= 0.3 is 17.9 Å². The Morgan fingerprint density at radius 3 is 1.32 bits per heavy atom. The molecule has 2 unspecified atom stereocenters. The monoisotopic (exact) mass is 915 g/mol. The molecule has 0 radical (unpaired) electrons. The summed E-state index contributed by atoms with van der Waals surface area (Å²) in [6.45, 7) is 4.76. The number of aliphatic carboxylic acids is 1. The van der Waals surface area contributed by atoms with Gasteiger partial charge in [0.1, 0.15) is 13.2 Å². The Hall–Kier alpha value is -3.01. The Morgan fingerprint density at radius 2 is 0.877 bits per heavy atom. The first-order valence-electron chi connectivity index (χ1n) is 26.5. The van der Waals surface area contributed by atoms with Gasteiger partial charge in [-0.25, -0.2) is 4.79 Å². The van der Waals surface area contributed by atoms with Crippen LogP contribution in [0.25, 0.3) is 0 Å². The van der Waals surface area contributed by atoms with Gasteiger partial charge in [-0.2, -0.15) is 0 Å². The van der Waals surface area contributed by atoms with Crippen molar-refractivity contribution in [3.8, 4) is 0 Å². The summed E-state index contributed by atoms with van der Waals surface area (Å²) >= 11 is 0. The third-order valence-corrected chi connectivity index (χ3v) is 11.3. The number of quaternary nitrogens is 1. The molecule has 2 atom stereocenters. The van der Waals surface area contributed by atoms with Gasteiger partial charge in [-0.3, -0.25) is 9.59 Å². The minimum atomic E-state index is -1.51. The van der Waals surface area contributed by atoms with E-state index in [0.717, 1.165) is 70.6 Å². The number of nitrogens with zero attached hydrogens (tertiary/aromatic N) is 1. The van der Waals surface area contributed by atoms with Crippen molar-refractivity contribution in [3.05, 3.63) is 60.8 Å². The second kappa shape index (κ2) is 47.5. The molecule has 0 aliphatic carbocycles. The first kappa shape index (κ1) is 62.0.